The molecular formula is C13H17N5S. The predicted molar refractivity (Wildman–Crippen MR) is 80.5 cm³/mol. The molecule has 4 N–H and O–H groups in total. The number of nitrogens with one attached hydrogen (secondary N) is 2. The van der Waals surface area contributed by atoms with Gasteiger partial charge < -0.3 is 16.0 Å². The van der Waals surface area contributed by atoms with Crippen LogP contribution in [0.3, 0.4) is 0 Å². The topological polar surface area (TPSA) is 78.0 Å². The van der Waals surface area contributed by atoms with Gasteiger partial charge in [0.1, 0.15) is 0 Å². The lowest BCUT2D eigenvalue weighted by Gasteiger charge is -2.12. The fraction of sp³-hybridized carbons (Fsp3) is 0.231. The first-order valence-corrected chi connectivity index (χ1v) is 6.74. The van der Waals surface area contributed by atoms with Crippen molar-refractivity contribution in [1.82, 2.24) is 9.88 Å². The molecule has 0 atom stereocenters. The van der Waals surface area contributed by atoms with Gasteiger partial charge in [0.15, 0.2) is 11.1 Å². The Kier molecular flexibility index (Phi) is 4.13. The fourth-order valence-corrected chi connectivity index (χ4v) is 2.54. The van der Waals surface area contributed by atoms with E-state index in [1.165, 1.54) is 16.9 Å². The third-order valence-corrected chi connectivity index (χ3v) is 3.28. The van der Waals surface area contributed by atoms with E-state index in [1.807, 2.05) is 31.6 Å². The molecule has 0 spiro atoms. The van der Waals surface area contributed by atoms with Crippen molar-refractivity contribution >= 4 is 22.4 Å². The normalized spacial score (nSPS) is 10.7. The molecule has 0 fully saturated rings. The molecular weight excluding hydrogens is 258 g/mol. The Hall–Kier alpha value is -1.92. The zero-order chi connectivity index (χ0) is 13.8. The zero-order valence-electron chi connectivity index (χ0n) is 11.0. The number of guanidine groups is 1. The Morgan fingerprint density at radius 1 is 1.42 bits per heavy atom. The van der Waals surface area contributed by atoms with Crippen molar-refractivity contribution in [2.24, 2.45) is 5.73 Å². The first-order chi connectivity index (χ1) is 9.06. The Morgan fingerprint density at radius 2 is 2.16 bits per heavy atom. The molecule has 0 unspecified atom stereocenters. The molecule has 1 heterocycles. The predicted octanol–water partition coefficient (Wildman–Crippen LogP) is 2.18. The molecule has 2 aromatic rings. The maximum atomic E-state index is 7.21. The second-order valence-corrected chi connectivity index (χ2v) is 5.33. The highest BCUT2D eigenvalue weighted by atomic mass is 32.1. The largest absolute Gasteiger partial charge is 0.370 e. The van der Waals surface area contributed by atoms with Crippen molar-refractivity contribution < 1.29 is 0 Å². The number of hydrogen-bond acceptors (Lipinski definition) is 4. The van der Waals surface area contributed by atoms with Gasteiger partial charge in [0.05, 0.1) is 5.69 Å². The standard InChI is InChI=1S/C13H17N5S/c1-18(2)7-9-5-3-4-6-10(9)11-8-19-13(16-11)17-12(14)15/h3-6,8H,7H2,1-2H3,(H4,14,15,16,17). The van der Waals surface area contributed by atoms with Crippen LogP contribution in [0.2, 0.25) is 0 Å². The van der Waals surface area contributed by atoms with Gasteiger partial charge in [-0.1, -0.05) is 24.3 Å². The third kappa shape index (κ3) is 3.52. The molecule has 6 heteroatoms. The number of nitrogens with two attached hydrogens (primary N) is 1. The molecule has 0 saturated heterocycles. The highest BCUT2D eigenvalue weighted by Crippen LogP contribution is 2.28. The van der Waals surface area contributed by atoms with Gasteiger partial charge in [-0.25, -0.2) is 4.98 Å². The molecule has 0 aliphatic rings. The first kappa shape index (κ1) is 13.5. The van der Waals surface area contributed by atoms with Crippen LogP contribution < -0.4 is 11.1 Å². The second kappa shape index (κ2) is 5.81. The molecule has 1 aromatic carbocycles. The zero-order valence-corrected chi connectivity index (χ0v) is 11.8. The lowest BCUT2D eigenvalue weighted by molar-refractivity contribution is 0.403. The summed E-state index contributed by atoms with van der Waals surface area (Å²) in [4.78, 5) is 6.58. The lowest BCUT2D eigenvalue weighted by Crippen LogP contribution is -2.20. The van der Waals surface area contributed by atoms with Crippen molar-refractivity contribution in [2.75, 3.05) is 19.4 Å². The average molecular weight is 275 g/mol. The van der Waals surface area contributed by atoms with Crippen LogP contribution >= 0.6 is 11.3 Å². The van der Waals surface area contributed by atoms with Gasteiger partial charge in [0.2, 0.25) is 0 Å². The molecule has 100 valence electrons. The maximum absolute atomic E-state index is 7.21. The van der Waals surface area contributed by atoms with E-state index in [4.69, 9.17) is 11.1 Å². The molecule has 0 amide bonds. The van der Waals surface area contributed by atoms with Crippen molar-refractivity contribution in [1.29, 1.82) is 5.41 Å². The average Bonchev–Trinajstić information content (AvgIpc) is 2.76. The van der Waals surface area contributed by atoms with E-state index in [-0.39, 0.29) is 5.96 Å². The Bertz CT molecular complexity index is 576. The minimum atomic E-state index is -0.0949. The molecule has 2 rings (SSSR count). The van der Waals surface area contributed by atoms with Crippen LogP contribution in [-0.4, -0.2) is 29.9 Å². The Morgan fingerprint density at radius 3 is 2.84 bits per heavy atom. The van der Waals surface area contributed by atoms with Gasteiger partial charge in [-0.15, -0.1) is 11.3 Å². The molecule has 0 aliphatic carbocycles. The molecule has 0 aliphatic heterocycles. The van der Waals surface area contributed by atoms with Crippen molar-refractivity contribution in [3.05, 3.63) is 35.2 Å². The lowest BCUT2D eigenvalue weighted by atomic mass is 10.1. The van der Waals surface area contributed by atoms with Gasteiger partial charge in [-0.2, -0.15) is 0 Å². The van der Waals surface area contributed by atoms with E-state index >= 15 is 0 Å². The minimum absolute atomic E-state index is 0.0949. The second-order valence-electron chi connectivity index (χ2n) is 4.47. The summed E-state index contributed by atoms with van der Waals surface area (Å²) in [5.74, 6) is -0.0949. The molecule has 5 nitrogen and oxygen atoms in total. The fourth-order valence-electron chi connectivity index (χ4n) is 1.82. The number of thiazole rings is 1. The van der Waals surface area contributed by atoms with Gasteiger partial charge >= 0.3 is 0 Å². The quantitative estimate of drug-likeness (QED) is 0.590. The molecule has 0 saturated carbocycles. The van der Waals surface area contributed by atoms with Crippen molar-refractivity contribution in [3.63, 3.8) is 0 Å². The summed E-state index contributed by atoms with van der Waals surface area (Å²) in [6, 6.07) is 8.20. The summed E-state index contributed by atoms with van der Waals surface area (Å²) in [6.45, 7) is 0.864. The first-order valence-electron chi connectivity index (χ1n) is 5.86. The molecule has 0 radical (unpaired) electrons. The minimum Gasteiger partial charge on any atom is -0.370 e. The van der Waals surface area contributed by atoms with E-state index in [0.29, 0.717) is 5.13 Å². The van der Waals surface area contributed by atoms with Crippen LogP contribution in [0.5, 0.6) is 0 Å². The van der Waals surface area contributed by atoms with Crippen LogP contribution in [0.25, 0.3) is 11.3 Å². The highest BCUT2D eigenvalue weighted by Gasteiger charge is 2.09. The Balaban J connectivity index is 2.30. The van der Waals surface area contributed by atoms with Gasteiger partial charge in [-0.05, 0) is 19.7 Å². The molecule has 0 bridgehead atoms. The van der Waals surface area contributed by atoms with Crippen LogP contribution in [-0.2, 0) is 6.54 Å². The summed E-state index contributed by atoms with van der Waals surface area (Å²) in [7, 11) is 4.08. The third-order valence-electron chi connectivity index (χ3n) is 2.53. The van der Waals surface area contributed by atoms with E-state index in [9.17, 15) is 0 Å². The summed E-state index contributed by atoms with van der Waals surface area (Å²) in [5, 5.41) is 12.5. The molecule has 1 aromatic heterocycles. The van der Waals surface area contributed by atoms with Crippen LogP contribution in [0.4, 0.5) is 5.13 Å². The van der Waals surface area contributed by atoms with E-state index < -0.39 is 0 Å². The van der Waals surface area contributed by atoms with Crippen LogP contribution in [0.1, 0.15) is 5.56 Å². The number of aromatic nitrogens is 1. The SMILES string of the molecule is CN(C)Cc1ccccc1-c1csc(NC(=N)N)n1. The number of nitrogens with zero attached hydrogens (tertiary/aromatic N) is 2. The summed E-state index contributed by atoms with van der Waals surface area (Å²) < 4.78 is 0. The highest BCUT2D eigenvalue weighted by molar-refractivity contribution is 7.14. The van der Waals surface area contributed by atoms with Gasteiger partial charge in [-0.3, -0.25) is 5.41 Å². The smallest absolute Gasteiger partial charge is 0.192 e. The monoisotopic (exact) mass is 275 g/mol. The number of anilines is 1. The Labute approximate surface area is 116 Å². The van der Waals surface area contributed by atoms with Crippen LogP contribution in [0, 0.1) is 5.41 Å². The maximum Gasteiger partial charge on any atom is 0.192 e. The van der Waals surface area contributed by atoms with Gasteiger partial charge in [0, 0.05) is 17.5 Å². The van der Waals surface area contributed by atoms with Crippen molar-refractivity contribution in [3.8, 4) is 11.3 Å². The van der Waals surface area contributed by atoms with E-state index in [1.54, 1.807) is 0 Å². The van der Waals surface area contributed by atoms with Crippen molar-refractivity contribution in [2.45, 2.75) is 6.54 Å². The van der Waals surface area contributed by atoms with Gasteiger partial charge in [0.25, 0.3) is 0 Å². The molecule has 19 heavy (non-hydrogen) atoms. The number of hydrogen-bond donors (Lipinski definition) is 3. The summed E-state index contributed by atoms with van der Waals surface area (Å²) >= 11 is 1.44. The van der Waals surface area contributed by atoms with Crippen LogP contribution in [0.15, 0.2) is 29.6 Å². The van der Waals surface area contributed by atoms with E-state index in [0.717, 1.165) is 17.8 Å². The van der Waals surface area contributed by atoms with E-state index in [2.05, 4.69) is 27.3 Å². The summed E-state index contributed by atoms with van der Waals surface area (Å²) in [5.41, 5.74) is 8.55. The number of rotatable bonds is 4. The number of benzene rings is 1. The summed E-state index contributed by atoms with van der Waals surface area (Å²) in [6.07, 6.45) is 0.